The summed E-state index contributed by atoms with van der Waals surface area (Å²) in [6, 6.07) is 15.3. The Morgan fingerprint density at radius 3 is 2.53 bits per heavy atom. The predicted octanol–water partition coefficient (Wildman–Crippen LogP) is 3.65. The molecule has 0 bridgehead atoms. The molecule has 2 heterocycles. The van der Waals surface area contributed by atoms with Gasteiger partial charge in [-0.3, -0.25) is 19.3 Å². The quantitative estimate of drug-likeness (QED) is 0.160. The van der Waals surface area contributed by atoms with Crippen molar-refractivity contribution in [3.8, 4) is 0 Å². The van der Waals surface area contributed by atoms with Crippen LogP contribution in [0.1, 0.15) is 17.3 Å². The van der Waals surface area contributed by atoms with Gasteiger partial charge in [0.25, 0.3) is 11.8 Å². The van der Waals surface area contributed by atoms with Gasteiger partial charge in [0.15, 0.2) is 4.34 Å². The Kier molecular flexibility index (Phi) is 7.35. The summed E-state index contributed by atoms with van der Waals surface area (Å²) in [5, 5.41) is 2.08. The molecule has 3 aromatic rings. The topological polar surface area (TPSA) is 106 Å². The summed E-state index contributed by atoms with van der Waals surface area (Å²) < 4.78 is 6.59. The minimum absolute atomic E-state index is 0.0589. The van der Waals surface area contributed by atoms with Crippen LogP contribution in [-0.4, -0.2) is 52.5 Å². The van der Waals surface area contributed by atoms with Crippen LogP contribution in [0.2, 0.25) is 0 Å². The number of rotatable bonds is 8. The number of aromatic nitrogens is 1. The van der Waals surface area contributed by atoms with Crippen LogP contribution in [0.5, 0.6) is 0 Å². The summed E-state index contributed by atoms with van der Waals surface area (Å²) >= 11 is 1.50. The molecular formula is C23H19N3O5S3. The van der Waals surface area contributed by atoms with Gasteiger partial charge in [0.05, 0.1) is 17.3 Å². The lowest BCUT2D eigenvalue weighted by molar-refractivity contribution is -0.150. The molecule has 2 amide bonds. The van der Waals surface area contributed by atoms with Crippen LogP contribution < -0.4 is 5.32 Å². The van der Waals surface area contributed by atoms with Gasteiger partial charge >= 0.3 is 5.97 Å². The molecular weight excluding hydrogens is 494 g/mol. The van der Waals surface area contributed by atoms with E-state index in [1.165, 1.54) is 51.9 Å². The molecule has 34 heavy (non-hydrogen) atoms. The van der Waals surface area contributed by atoms with Crippen molar-refractivity contribution in [1.82, 2.24) is 15.2 Å². The van der Waals surface area contributed by atoms with E-state index in [0.29, 0.717) is 11.8 Å². The average Bonchev–Trinajstić information content (AvgIpc) is 3.29. The number of benzene rings is 2. The van der Waals surface area contributed by atoms with Crippen LogP contribution in [0, 0.1) is 0 Å². The fourth-order valence-corrected chi connectivity index (χ4v) is 7.24. The number of fused-ring (bicyclic) bond motifs is 1. The van der Waals surface area contributed by atoms with Crippen molar-refractivity contribution in [2.24, 2.45) is 0 Å². The number of amides is 2. The number of carbonyl (C=O) groups is 4. The van der Waals surface area contributed by atoms with Crippen LogP contribution in [0.3, 0.4) is 0 Å². The third-order valence-electron chi connectivity index (χ3n) is 5.03. The number of β-lactam (4-membered cyclic amide) rings is 1. The van der Waals surface area contributed by atoms with Gasteiger partial charge in [-0.25, -0.2) is 9.78 Å². The van der Waals surface area contributed by atoms with Crippen LogP contribution in [0.25, 0.3) is 10.2 Å². The number of thiazole rings is 1. The summed E-state index contributed by atoms with van der Waals surface area (Å²) in [4.78, 5) is 55.5. The number of carbonyl (C=O) groups excluding carboxylic acids is 4. The number of methoxy groups -OCH3 is 1. The van der Waals surface area contributed by atoms with E-state index in [0.717, 1.165) is 14.6 Å². The first kappa shape index (κ1) is 24.0. The van der Waals surface area contributed by atoms with Crippen molar-refractivity contribution in [2.45, 2.75) is 22.7 Å². The van der Waals surface area contributed by atoms with Gasteiger partial charge in [-0.2, -0.15) is 0 Å². The second-order valence-corrected chi connectivity index (χ2v) is 10.8. The predicted molar refractivity (Wildman–Crippen MR) is 132 cm³/mol. The minimum Gasteiger partial charge on any atom is -0.464 e. The van der Waals surface area contributed by atoms with Gasteiger partial charge in [-0.05, 0) is 42.0 Å². The fraction of sp³-hybridized carbons (Fsp3) is 0.174. The monoisotopic (exact) mass is 513 g/mol. The third-order valence-corrected chi connectivity index (χ3v) is 9.04. The van der Waals surface area contributed by atoms with Crippen LogP contribution in [-0.2, 0) is 19.1 Å². The Balaban J connectivity index is 1.61. The Morgan fingerprint density at radius 2 is 1.85 bits per heavy atom. The lowest BCUT2D eigenvalue weighted by Gasteiger charge is -2.46. The standard InChI is InChI=1S/C23H19N3O5S3/c1-13(12-27)18(22(30)31-2)26-20(29)17(25-19(28)14-8-4-3-5-9-14)21(26)33-34-23-24-15-10-6-7-11-16(15)32-23/h3-12,17,21H,1-2H3,(H,25,28)/b18-13-/t17-,21-/m1/s1. The maximum absolute atomic E-state index is 13.1. The van der Waals surface area contributed by atoms with Crippen LogP contribution in [0.4, 0.5) is 0 Å². The lowest BCUT2D eigenvalue weighted by atomic mass is 10.0. The zero-order chi connectivity index (χ0) is 24.2. The number of nitrogens with one attached hydrogen (secondary N) is 1. The molecule has 0 unspecified atom stereocenters. The molecule has 1 aliphatic heterocycles. The highest BCUT2D eigenvalue weighted by atomic mass is 33.1. The smallest absolute Gasteiger partial charge is 0.355 e. The fourth-order valence-electron chi connectivity index (χ4n) is 3.33. The van der Waals surface area contributed by atoms with Gasteiger partial charge in [-0.1, -0.05) is 41.1 Å². The Bertz CT molecular complexity index is 1260. The summed E-state index contributed by atoms with van der Waals surface area (Å²) in [5.74, 6) is -1.72. The second kappa shape index (κ2) is 10.4. The second-order valence-electron chi connectivity index (χ2n) is 7.18. The Morgan fingerprint density at radius 1 is 1.15 bits per heavy atom. The molecule has 1 saturated heterocycles. The Labute approximate surface area is 207 Å². The first-order valence-corrected chi connectivity index (χ1v) is 13.1. The summed E-state index contributed by atoms with van der Waals surface area (Å²) in [6.07, 6.45) is 0.498. The highest BCUT2D eigenvalue weighted by Crippen LogP contribution is 2.45. The molecule has 1 fully saturated rings. The molecule has 174 valence electrons. The lowest BCUT2D eigenvalue weighted by Crippen LogP contribution is -2.69. The van der Waals surface area contributed by atoms with E-state index < -0.39 is 29.2 Å². The normalized spacial score (nSPS) is 18.2. The molecule has 0 aliphatic carbocycles. The van der Waals surface area contributed by atoms with E-state index in [4.69, 9.17) is 4.74 Å². The number of hydrogen-bond acceptors (Lipinski definition) is 9. The molecule has 0 spiro atoms. The van der Waals surface area contributed by atoms with E-state index in [1.807, 2.05) is 24.3 Å². The molecule has 11 heteroatoms. The van der Waals surface area contributed by atoms with Crippen molar-refractivity contribution in [3.05, 3.63) is 71.4 Å². The van der Waals surface area contributed by atoms with Crippen molar-refractivity contribution >= 4 is 67.2 Å². The van der Waals surface area contributed by atoms with E-state index >= 15 is 0 Å². The van der Waals surface area contributed by atoms with Gasteiger partial charge in [0.1, 0.15) is 23.4 Å². The molecule has 0 saturated carbocycles. The Hall–Kier alpha value is -3.15. The molecule has 1 aromatic heterocycles. The number of aldehydes is 1. The maximum atomic E-state index is 13.1. The van der Waals surface area contributed by atoms with Gasteiger partial charge in [0, 0.05) is 11.1 Å². The van der Waals surface area contributed by atoms with Crippen molar-refractivity contribution in [1.29, 1.82) is 0 Å². The molecule has 0 radical (unpaired) electrons. The van der Waals surface area contributed by atoms with Crippen LogP contribution >= 0.6 is 32.9 Å². The number of hydrogen-bond donors (Lipinski definition) is 1. The molecule has 4 rings (SSSR count). The molecule has 2 atom stereocenters. The number of nitrogens with zero attached hydrogens (tertiary/aromatic N) is 2. The van der Waals surface area contributed by atoms with E-state index in [9.17, 15) is 19.2 Å². The highest BCUT2D eigenvalue weighted by molar-refractivity contribution is 8.77. The summed E-state index contributed by atoms with van der Waals surface area (Å²) in [6.45, 7) is 1.44. The number of likely N-dealkylation sites (tertiary alicyclic amines) is 1. The van der Waals surface area contributed by atoms with E-state index in [2.05, 4.69) is 10.3 Å². The zero-order valence-electron chi connectivity index (χ0n) is 18.1. The van der Waals surface area contributed by atoms with Crippen molar-refractivity contribution < 1.29 is 23.9 Å². The molecule has 8 nitrogen and oxygen atoms in total. The molecule has 1 aliphatic rings. The van der Waals surface area contributed by atoms with Crippen molar-refractivity contribution in [2.75, 3.05) is 7.11 Å². The number of para-hydroxylation sites is 1. The molecule has 1 N–H and O–H groups in total. The average molecular weight is 514 g/mol. The zero-order valence-corrected chi connectivity index (χ0v) is 20.5. The first-order valence-electron chi connectivity index (χ1n) is 10.1. The van der Waals surface area contributed by atoms with Gasteiger partial charge < -0.3 is 10.1 Å². The largest absolute Gasteiger partial charge is 0.464 e. The summed E-state index contributed by atoms with van der Waals surface area (Å²) in [5.41, 5.74) is 1.18. The SMILES string of the molecule is COC(=O)/C(=C(\C)C=O)N1C(=O)[C@@H](NC(=O)c2ccccc2)[C@H]1SSc1nc2ccccc2s1. The van der Waals surface area contributed by atoms with Gasteiger partial charge in [-0.15, -0.1) is 11.3 Å². The van der Waals surface area contributed by atoms with E-state index in [-0.39, 0.29) is 11.3 Å². The van der Waals surface area contributed by atoms with E-state index in [1.54, 1.807) is 30.3 Å². The molecule has 2 aromatic carbocycles. The van der Waals surface area contributed by atoms with Gasteiger partial charge in [0.2, 0.25) is 0 Å². The third kappa shape index (κ3) is 4.72. The number of allylic oxidation sites excluding steroid dienone is 1. The summed E-state index contributed by atoms with van der Waals surface area (Å²) in [7, 11) is 3.78. The number of ether oxygens (including phenoxy) is 1. The first-order chi connectivity index (χ1) is 16.4. The minimum atomic E-state index is -0.904. The maximum Gasteiger partial charge on any atom is 0.355 e. The van der Waals surface area contributed by atoms with Crippen molar-refractivity contribution in [3.63, 3.8) is 0 Å². The number of esters is 1. The highest BCUT2D eigenvalue weighted by Gasteiger charge is 2.52. The van der Waals surface area contributed by atoms with Crippen LogP contribution in [0.15, 0.2) is 70.2 Å².